The highest BCUT2D eigenvalue weighted by Crippen LogP contribution is 2.32. The molecule has 2 aliphatic rings. The summed E-state index contributed by atoms with van der Waals surface area (Å²) in [5, 5.41) is 5.33. The lowest BCUT2D eigenvalue weighted by molar-refractivity contribution is 0.0790. The molecule has 1 N–H and O–H groups in total. The molecule has 1 fully saturated rings. The van der Waals surface area contributed by atoms with E-state index in [1.165, 1.54) is 16.9 Å². The van der Waals surface area contributed by atoms with Crippen LogP contribution in [0.15, 0.2) is 5.38 Å². The van der Waals surface area contributed by atoms with Gasteiger partial charge in [-0.15, -0.1) is 11.3 Å². The average Bonchev–Trinajstić information content (AvgIpc) is 2.99. The number of likely N-dealkylation sites (N-methyl/N-ethyl adjacent to an activating group) is 1. The lowest BCUT2D eigenvalue weighted by atomic mass is 9.88. The molecule has 1 saturated heterocycles. The zero-order valence-electron chi connectivity index (χ0n) is 16.2. The zero-order chi connectivity index (χ0) is 18.0. The summed E-state index contributed by atoms with van der Waals surface area (Å²) < 4.78 is 0. The van der Waals surface area contributed by atoms with Crippen LogP contribution >= 0.6 is 11.3 Å². The Hall–Kier alpha value is -0.910. The Morgan fingerprint density at radius 3 is 2.72 bits per heavy atom. The fourth-order valence-electron chi connectivity index (χ4n) is 4.10. The third kappa shape index (κ3) is 4.44. The first kappa shape index (κ1) is 18.9. The number of nitrogens with one attached hydrogen (secondary N) is 1. The molecule has 25 heavy (non-hydrogen) atoms. The van der Waals surface area contributed by atoms with Crippen molar-refractivity contribution in [1.29, 1.82) is 0 Å². The van der Waals surface area contributed by atoms with Gasteiger partial charge in [-0.3, -0.25) is 9.69 Å². The molecule has 1 aromatic rings. The number of fused-ring (bicyclic) bond motifs is 1. The van der Waals surface area contributed by atoms with Gasteiger partial charge in [-0.25, -0.2) is 0 Å². The third-order valence-corrected chi connectivity index (χ3v) is 6.95. The molecule has 5 heteroatoms. The van der Waals surface area contributed by atoms with E-state index >= 15 is 0 Å². The summed E-state index contributed by atoms with van der Waals surface area (Å²) in [6, 6.07) is 0.423. The molecule has 1 aliphatic carbocycles. The van der Waals surface area contributed by atoms with E-state index in [1.807, 2.05) is 0 Å². The molecule has 2 atom stereocenters. The smallest absolute Gasteiger partial charge is 0.252 e. The summed E-state index contributed by atoms with van der Waals surface area (Å²) in [7, 11) is 2.18. The molecule has 1 aromatic heterocycles. The second-order valence-electron chi connectivity index (χ2n) is 8.26. The molecule has 2 heterocycles. The number of amides is 1. The maximum atomic E-state index is 12.8. The van der Waals surface area contributed by atoms with E-state index in [9.17, 15) is 4.79 Å². The fraction of sp³-hybridized carbons (Fsp3) is 0.750. The number of carbonyl (C=O) groups excluding carboxylic acids is 1. The predicted molar refractivity (Wildman–Crippen MR) is 106 cm³/mol. The third-order valence-electron chi connectivity index (χ3n) is 5.89. The SMILES string of the molecule is CC1CCc2c(C(=O)NCC(C(C)C)N3CCN(C)CC3)csc2C1. The second-order valence-corrected chi connectivity index (χ2v) is 9.22. The van der Waals surface area contributed by atoms with E-state index in [-0.39, 0.29) is 5.91 Å². The van der Waals surface area contributed by atoms with Crippen LogP contribution < -0.4 is 5.32 Å². The van der Waals surface area contributed by atoms with Gasteiger partial charge in [0.1, 0.15) is 0 Å². The van der Waals surface area contributed by atoms with E-state index in [0.29, 0.717) is 12.0 Å². The van der Waals surface area contributed by atoms with Gasteiger partial charge in [0.25, 0.3) is 5.91 Å². The minimum atomic E-state index is 0.131. The Morgan fingerprint density at radius 2 is 2.04 bits per heavy atom. The Morgan fingerprint density at radius 1 is 1.32 bits per heavy atom. The van der Waals surface area contributed by atoms with Crippen LogP contribution in [0.3, 0.4) is 0 Å². The summed E-state index contributed by atoms with van der Waals surface area (Å²) in [5.74, 6) is 1.43. The van der Waals surface area contributed by atoms with E-state index in [4.69, 9.17) is 0 Å². The van der Waals surface area contributed by atoms with Crippen molar-refractivity contribution in [3.63, 3.8) is 0 Å². The summed E-state index contributed by atoms with van der Waals surface area (Å²) in [4.78, 5) is 19.2. The fourth-order valence-corrected chi connectivity index (χ4v) is 5.34. The Balaban J connectivity index is 1.60. The number of carbonyl (C=O) groups is 1. The van der Waals surface area contributed by atoms with Crippen LogP contribution in [0.1, 0.15) is 48.0 Å². The number of thiophene rings is 1. The lowest BCUT2D eigenvalue weighted by Crippen LogP contribution is -2.54. The van der Waals surface area contributed by atoms with Gasteiger partial charge in [0.15, 0.2) is 0 Å². The first-order valence-corrected chi connectivity index (χ1v) is 10.6. The number of piperazine rings is 1. The van der Waals surface area contributed by atoms with E-state index in [1.54, 1.807) is 11.3 Å². The van der Waals surface area contributed by atoms with Crippen molar-refractivity contribution in [2.45, 2.75) is 46.1 Å². The molecule has 2 unspecified atom stereocenters. The lowest BCUT2D eigenvalue weighted by Gasteiger charge is -2.39. The summed E-state index contributed by atoms with van der Waals surface area (Å²) in [6.07, 6.45) is 3.41. The standard InChI is InChI=1S/C20H33N3OS/c1-14(2)18(23-9-7-22(4)8-10-23)12-21-20(24)17-13-25-19-11-15(3)5-6-16(17)19/h13-15,18H,5-12H2,1-4H3,(H,21,24). The van der Waals surface area contributed by atoms with Gasteiger partial charge in [0, 0.05) is 49.0 Å². The van der Waals surface area contributed by atoms with Crippen molar-refractivity contribution in [1.82, 2.24) is 15.1 Å². The number of hydrogen-bond acceptors (Lipinski definition) is 4. The minimum absolute atomic E-state index is 0.131. The van der Waals surface area contributed by atoms with Gasteiger partial charge >= 0.3 is 0 Å². The largest absolute Gasteiger partial charge is 0.350 e. The topological polar surface area (TPSA) is 35.6 Å². The maximum Gasteiger partial charge on any atom is 0.252 e. The molecule has 0 radical (unpaired) electrons. The molecule has 140 valence electrons. The number of nitrogens with zero attached hydrogens (tertiary/aromatic N) is 2. The molecule has 3 rings (SSSR count). The highest BCUT2D eigenvalue weighted by atomic mass is 32.1. The van der Waals surface area contributed by atoms with Crippen LogP contribution in [-0.4, -0.2) is 61.5 Å². The summed E-state index contributed by atoms with van der Waals surface area (Å²) in [6.45, 7) is 12.0. The molecule has 1 aliphatic heterocycles. The van der Waals surface area contributed by atoms with Crippen LogP contribution in [0.5, 0.6) is 0 Å². The van der Waals surface area contributed by atoms with Gasteiger partial charge in [-0.05, 0) is 43.7 Å². The van der Waals surface area contributed by atoms with Crippen LogP contribution in [0.4, 0.5) is 0 Å². The van der Waals surface area contributed by atoms with Gasteiger partial charge in [0.05, 0.1) is 5.56 Å². The van der Waals surface area contributed by atoms with Gasteiger partial charge in [0.2, 0.25) is 0 Å². The van der Waals surface area contributed by atoms with Gasteiger partial charge < -0.3 is 10.2 Å². The molecule has 0 spiro atoms. The molecular formula is C20H33N3OS. The molecular weight excluding hydrogens is 330 g/mol. The van der Waals surface area contributed by atoms with Crippen molar-refractivity contribution in [2.75, 3.05) is 39.8 Å². The maximum absolute atomic E-state index is 12.8. The number of hydrogen-bond donors (Lipinski definition) is 1. The predicted octanol–water partition coefficient (Wildman–Crippen LogP) is 2.87. The van der Waals surface area contributed by atoms with Crippen molar-refractivity contribution < 1.29 is 4.79 Å². The summed E-state index contributed by atoms with van der Waals surface area (Å²) >= 11 is 1.78. The Kier molecular flexibility index (Phi) is 6.18. The van der Waals surface area contributed by atoms with Crippen LogP contribution in [0, 0.1) is 11.8 Å². The Bertz CT molecular complexity index is 590. The zero-order valence-corrected chi connectivity index (χ0v) is 17.0. The number of rotatable bonds is 5. The van der Waals surface area contributed by atoms with Gasteiger partial charge in [-0.1, -0.05) is 20.8 Å². The molecule has 0 saturated carbocycles. The Labute approximate surface area is 156 Å². The normalized spacial score (nSPS) is 23.5. The molecule has 0 aromatic carbocycles. The van der Waals surface area contributed by atoms with Crippen molar-refractivity contribution in [3.05, 3.63) is 21.4 Å². The highest BCUT2D eigenvalue weighted by Gasteiger charge is 2.27. The van der Waals surface area contributed by atoms with Crippen LogP contribution in [0.25, 0.3) is 0 Å². The average molecular weight is 364 g/mol. The first-order chi connectivity index (χ1) is 12.0. The van der Waals surface area contributed by atoms with E-state index in [2.05, 4.69) is 48.3 Å². The first-order valence-electron chi connectivity index (χ1n) is 9.75. The van der Waals surface area contributed by atoms with E-state index in [0.717, 1.165) is 57.0 Å². The monoisotopic (exact) mass is 363 g/mol. The molecule has 0 bridgehead atoms. The van der Waals surface area contributed by atoms with Gasteiger partial charge in [-0.2, -0.15) is 0 Å². The highest BCUT2D eigenvalue weighted by molar-refractivity contribution is 7.10. The van der Waals surface area contributed by atoms with E-state index < -0.39 is 0 Å². The van der Waals surface area contributed by atoms with Crippen molar-refractivity contribution in [3.8, 4) is 0 Å². The second kappa shape index (κ2) is 8.19. The molecule has 4 nitrogen and oxygen atoms in total. The summed E-state index contributed by atoms with van der Waals surface area (Å²) in [5.41, 5.74) is 2.26. The minimum Gasteiger partial charge on any atom is -0.350 e. The van der Waals surface area contributed by atoms with Crippen LogP contribution in [0.2, 0.25) is 0 Å². The molecule has 1 amide bonds. The quantitative estimate of drug-likeness (QED) is 0.874. The van der Waals surface area contributed by atoms with Crippen LogP contribution in [-0.2, 0) is 12.8 Å². The van der Waals surface area contributed by atoms with Crippen molar-refractivity contribution in [2.24, 2.45) is 11.8 Å². The van der Waals surface area contributed by atoms with Crippen molar-refractivity contribution >= 4 is 17.2 Å².